The number of aliphatic hydroxyl groups is 1. The van der Waals surface area contributed by atoms with Crippen LogP contribution >= 0.6 is 0 Å². The molecule has 0 spiro atoms. The maximum absolute atomic E-state index is 10.3. The molecule has 1 unspecified atom stereocenters. The van der Waals surface area contributed by atoms with Crippen LogP contribution in [0.2, 0.25) is 0 Å². The summed E-state index contributed by atoms with van der Waals surface area (Å²) >= 11 is 0. The number of rotatable bonds is 18. The molecule has 244 valence electrons. The van der Waals surface area contributed by atoms with Crippen LogP contribution in [0.3, 0.4) is 0 Å². The summed E-state index contributed by atoms with van der Waals surface area (Å²) in [6, 6.07) is 14.8. The number of aliphatic hydroxyl groups excluding tert-OH is 1. The summed E-state index contributed by atoms with van der Waals surface area (Å²) in [6.45, 7) is 8.78. The zero-order valence-electron chi connectivity index (χ0n) is 27.0. The van der Waals surface area contributed by atoms with Gasteiger partial charge in [0, 0.05) is 52.5 Å². The molecule has 0 saturated carbocycles. The average Bonchev–Trinajstić information content (AvgIpc) is 3.01. The first kappa shape index (κ1) is 34.5. The number of hydrogen-bond donors (Lipinski definition) is 2. The van der Waals surface area contributed by atoms with Crippen molar-refractivity contribution in [2.75, 3.05) is 67.5 Å². The molecule has 4 atom stereocenters. The lowest BCUT2D eigenvalue weighted by Crippen LogP contribution is -2.51. The number of piperidine rings is 1. The Balaban J connectivity index is 1.49. The molecule has 2 heterocycles. The Morgan fingerprint density at radius 3 is 2.32 bits per heavy atom. The summed E-state index contributed by atoms with van der Waals surface area (Å²) in [5.74, 6) is 0.876. The van der Waals surface area contributed by atoms with E-state index < -0.39 is 6.10 Å². The van der Waals surface area contributed by atoms with Gasteiger partial charge in [-0.25, -0.2) is 0 Å². The fourth-order valence-electron chi connectivity index (χ4n) is 5.89. The molecule has 2 aliphatic rings. The first-order chi connectivity index (χ1) is 21.3. The average molecular weight is 614 g/mol. The molecular formula is C35H51NO8. The minimum Gasteiger partial charge on any atom is -0.483 e. The second kappa shape index (κ2) is 17.4. The van der Waals surface area contributed by atoms with E-state index in [2.05, 4.69) is 67.7 Å². The van der Waals surface area contributed by atoms with Crippen LogP contribution < -0.4 is 10.1 Å². The minimum absolute atomic E-state index is 0.0271. The zero-order chi connectivity index (χ0) is 31.4. The van der Waals surface area contributed by atoms with Crippen molar-refractivity contribution in [1.29, 1.82) is 0 Å². The number of allylic oxidation sites excluding steroid dienone is 1. The van der Waals surface area contributed by atoms with Gasteiger partial charge in [0.25, 0.3) is 0 Å². The Labute approximate surface area is 262 Å². The predicted molar refractivity (Wildman–Crippen MR) is 170 cm³/mol. The second-order valence-electron chi connectivity index (χ2n) is 12.1. The molecule has 2 N–H and O–H groups in total. The van der Waals surface area contributed by atoms with Crippen molar-refractivity contribution < 1.29 is 38.3 Å². The number of ether oxygens (including phenoxy) is 7. The summed E-state index contributed by atoms with van der Waals surface area (Å²) in [5, 5.41) is 13.8. The molecule has 44 heavy (non-hydrogen) atoms. The van der Waals surface area contributed by atoms with Gasteiger partial charge in [-0.15, -0.1) is 0 Å². The topological polar surface area (TPSA) is 96.9 Å². The van der Waals surface area contributed by atoms with E-state index in [-0.39, 0.29) is 36.9 Å². The van der Waals surface area contributed by atoms with Crippen molar-refractivity contribution in [2.24, 2.45) is 0 Å². The highest BCUT2D eigenvalue weighted by Gasteiger charge is 2.36. The first-order valence-electron chi connectivity index (χ1n) is 15.6. The molecule has 0 radical (unpaired) electrons. The smallest absolute Gasteiger partial charge is 0.128 e. The van der Waals surface area contributed by atoms with Gasteiger partial charge < -0.3 is 43.6 Å². The molecule has 0 aromatic heterocycles. The van der Waals surface area contributed by atoms with E-state index in [4.69, 9.17) is 33.2 Å². The molecule has 9 heteroatoms. The highest BCUT2D eigenvalue weighted by molar-refractivity contribution is 5.74. The third kappa shape index (κ3) is 10.1. The van der Waals surface area contributed by atoms with E-state index in [1.54, 1.807) is 21.3 Å². The highest BCUT2D eigenvalue weighted by Crippen LogP contribution is 2.39. The zero-order valence-corrected chi connectivity index (χ0v) is 27.0. The molecule has 9 nitrogen and oxygen atoms in total. The predicted octanol–water partition coefficient (Wildman–Crippen LogP) is 4.50. The van der Waals surface area contributed by atoms with Gasteiger partial charge in [0.05, 0.1) is 51.8 Å². The molecule has 2 aromatic rings. The van der Waals surface area contributed by atoms with Gasteiger partial charge in [0.2, 0.25) is 0 Å². The highest BCUT2D eigenvalue weighted by atomic mass is 16.5. The van der Waals surface area contributed by atoms with Crippen LogP contribution in [0.1, 0.15) is 54.9 Å². The number of methoxy groups -OCH3 is 3. The van der Waals surface area contributed by atoms with E-state index in [1.165, 1.54) is 5.57 Å². The summed E-state index contributed by atoms with van der Waals surface area (Å²) < 4.78 is 40.4. The summed E-state index contributed by atoms with van der Waals surface area (Å²) in [5.41, 5.74) is 5.36. The van der Waals surface area contributed by atoms with Crippen LogP contribution in [0.4, 0.5) is 0 Å². The van der Waals surface area contributed by atoms with Crippen molar-refractivity contribution in [3.05, 3.63) is 70.8 Å². The van der Waals surface area contributed by atoms with Crippen LogP contribution in [0.5, 0.6) is 5.75 Å². The van der Waals surface area contributed by atoms with E-state index in [1.807, 2.05) is 0 Å². The molecule has 1 fully saturated rings. The van der Waals surface area contributed by atoms with Crippen molar-refractivity contribution >= 4 is 5.57 Å². The SMILES string of the molecule is COCCCC1=CC(C)(C)Oc2ccc(CO[C@H]3CNC[C@@H](OC[C@H](O)COC)C3c3ccc(COCCOC)cc3)cc21. The largest absolute Gasteiger partial charge is 0.483 e. The monoisotopic (exact) mass is 613 g/mol. The second-order valence-corrected chi connectivity index (χ2v) is 12.1. The van der Waals surface area contributed by atoms with Crippen molar-refractivity contribution in [2.45, 2.75) is 69.7 Å². The lowest BCUT2D eigenvalue weighted by atomic mass is 9.85. The normalized spacial score (nSPS) is 21.8. The molecule has 2 aliphatic heterocycles. The van der Waals surface area contributed by atoms with Crippen LogP contribution in [0, 0.1) is 0 Å². The molecular weight excluding hydrogens is 562 g/mol. The van der Waals surface area contributed by atoms with Crippen LogP contribution in [0.15, 0.2) is 48.5 Å². The fourth-order valence-corrected chi connectivity index (χ4v) is 5.89. The van der Waals surface area contributed by atoms with Gasteiger partial charge in [-0.2, -0.15) is 0 Å². The minimum atomic E-state index is -0.692. The van der Waals surface area contributed by atoms with Crippen LogP contribution in [0.25, 0.3) is 5.57 Å². The fraction of sp³-hybridized carbons (Fsp3) is 0.600. The van der Waals surface area contributed by atoms with Crippen LogP contribution in [-0.4, -0.2) is 96.5 Å². The van der Waals surface area contributed by atoms with Gasteiger partial charge in [-0.1, -0.05) is 30.3 Å². The molecule has 0 aliphatic carbocycles. The third-order valence-corrected chi connectivity index (χ3v) is 7.96. The number of nitrogens with one attached hydrogen (secondary N) is 1. The van der Waals surface area contributed by atoms with Crippen molar-refractivity contribution in [3.8, 4) is 5.75 Å². The van der Waals surface area contributed by atoms with Gasteiger partial charge in [0.15, 0.2) is 0 Å². The molecule has 0 bridgehead atoms. The molecule has 2 aromatic carbocycles. The lowest BCUT2D eigenvalue weighted by molar-refractivity contribution is -0.0856. The Morgan fingerprint density at radius 1 is 0.864 bits per heavy atom. The Bertz CT molecular complexity index is 1170. The van der Waals surface area contributed by atoms with E-state index in [0.29, 0.717) is 39.5 Å². The number of fused-ring (bicyclic) bond motifs is 1. The molecule has 4 rings (SSSR count). The number of benzene rings is 2. The number of hydrogen-bond acceptors (Lipinski definition) is 9. The molecule has 1 saturated heterocycles. The standard InChI is InChI=1S/C35H51NO8/c1-35(2)18-28(7-6-14-38-3)30-17-26(10-13-31(30)44-35)22-42-32-19-36-20-33(43-24-29(37)23-40-5)34(32)27-11-8-25(9-12-27)21-41-16-15-39-4/h8-13,17-18,29,32-34,36-37H,6-7,14-16,19-24H2,1-5H3/t29-,32+,33-,34?/m1/s1. The van der Waals surface area contributed by atoms with E-state index in [9.17, 15) is 5.11 Å². The Morgan fingerprint density at radius 2 is 1.59 bits per heavy atom. The Hall–Kier alpha value is -2.34. The Kier molecular flexibility index (Phi) is 13.6. The lowest BCUT2D eigenvalue weighted by Gasteiger charge is -2.39. The van der Waals surface area contributed by atoms with Gasteiger partial charge in [-0.3, -0.25) is 0 Å². The third-order valence-electron chi connectivity index (χ3n) is 7.96. The summed E-state index contributed by atoms with van der Waals surface area (Å²) in [7, 11) is 4.98. The maximum Gasteiger partial charge on any atom is 0.128 e. The van der Waals surface area contributed by atoms with Crippen molar-refractivity contribution in [3.63, 3.8) is 0 Å². The van der Waals surface area contributed by atoms with Gasteiger partial charge in [-0.05, 0) is 67.2 Å². The van der Waals surface area contributed by atoms with E-state index >= 15 is 0 Å². The maximum atomic E-state index is 10.3. The quantitative estimate of drug-likeness (QED) is 0.236. The summed E-state index contributed by atoms with van der Waals surface area (Å²) in [4.78, 5) is 0. The summed E-state index contributed by atoms with van der Waals surface area (Å²) in [6.07, 6.45) is 3.09. The first-order valence-corrected chi connectivity index (χ1v) is 15.6. The van der Waals surface area contributed by atoms with Gasteiger partial charge in [0.1, 0.15) is 17.5 Å². The molecule has 0 amide bonds. The van der Waals surface area contributed by atoms with Crippen molar-refractivity contribution in [1.82, 2.24) is 5.32 Å². The van der Waals surface area contributed by atoms with Crippen LogP contribution in [-0.2, 0) is 41.6 Å². The van der Waals surface area contributed by atoms with E-state index in [0.717, 1.165) is 47.5 Å². The van der Waals surface area contributed by atoms with Gasteiger partial charge >= 0.3 is 0 Å².